The third-order valence-electron chi connectivity index (χ3n) is 4.41. The van der Waals surface area contributed by atoms with Crippen LogP contribution in [0, 0.1) is 0 Å². The number of aliphatic imine (C=N–C) groups is 1. The SMILES string of the molecule is CN=C(NCc1nccs1)N1CCSC2(CCCCC2)C1.I. The summed E-state index contributed by atoms with van der Waals surface area (Å²) in [6, 6.07) is 0. The largest absolute Gasteiger partial charge is 0.350 e. The van der Waals surface area contributed by atoms with E-state index in [4.69, 9.17) is 0 Å². The van der Waals surface area contributed by atoms with Crippen molar-refractivity contribution in [2.45, 2.75) is 43.4 Å². The van der Waals surface area contributed by atoms with E-state index < -0.39 is 0 Å². The van der Waals surface area contributed by atoms with Gasteiger partial charge < -0.3 is 10.2 Å². The lowest BCUT2D eigenvalue weighted by molar-refractivity contribution is 0.293. The molecule has 124 valence electrons. The molecular formula is C15H25IN4S2. The molecule has 2 heterocycles. The topological polar surface area (TPSA) is 40.5 Å². The molecule has 3 rings (SSSR count). The van der Waals surface area contributed by atoms with Crippen molar-refractivity contribution in [3.05, 3.63) is 16.6 Å². The lowest BCUT2D eigenvalue weighted by Gasteiger charge is -2.45. The van der Waals surface area contributed by atoms with Crippen molar-refractivity contribution < 1.29 is 0 Å². The lowest BCUT2D eigenvalue weighted by Crippen LogP contribution is -2.53. The molecule has 2 aliphatic rings. The van der Waals surface area contributed by atoms with E-state index in [0.29, 0.717) is 4.75 Å². The summed E-state index contributed by atoms with van der Waals surface area (Å²) >= 11 is 3.89. The van der Waals surface area contributed by atoms with E-state index in [1.54, 1.807) is 11.3 Å². The Bertz CT molecular complexity index is 466. The van der Waals surface area contributed by atoms with Crippen LogP contribution >= 0.6 is 47.1 Å². The van der Waals surface area contributed by atoms with Gasteiger partial charge in [-0.2, -0.15) is 11.8 Å². The Balaban J connectivity index is 0.00000176. The van der Waals surface area contributed by atoms with Gasteiger partial charge in [0.15, 0.2) is 5.96 Å². The summed E-state index contributed by atoms with van der Waals surface area (Å²) in [6.07, 6.45) is 8.81. The van der Waals surface area contributed by atoms with E-state index in [-0.39, 0.29) is 24.0 Å². The first-order valence-corrected chi connectivity index (χ1v) is 9.66. The smallest absolute Gasteiger partial charge is 0.194 e. The minimum Gasteiger partial charge on any atom is -0.350 e. The molecule has 0 aromatic carbocycles. The van der Waals surface area contributed by atoms with Gasteiger partial charge in [-0.25, -0.2) is 4.98 Å². The van der Waals surface area contributed by atoms with Gasteiger partial charge in [0.05, 0.1) is 6.54 Å². The summed E-state index contributed by atoms with van der Waals surface area (Å²) in [5.74, 6) is 2.26. The summed E-state index contributed by atoms with van der Waals surface area (Å²) < 4.78 is 0.481. The molecular weight excluding hydrogens is 427 g/mol. The van der Waals surface area contributed by atoms with E-state index in [2.05, 4.69) is 32.0 Å². The highest BCUT2D eigenvalue weighted by Gasteiger charge is 2.38. The Morgan fingerprint density at radius 3 is 2.91 bits per heavy atom. The van der Waals surface area contributed by atoms with E-state index >= 15 is 0 Å². The third-order valence-corrected chi connectivity index (χ3v) is 6.72. The Morgan fingerprint density at radius 2 is 2.23 bits per heavy atom. The predicted molar refractivity (Wildman–Crippen MR) is 108 cm³/mol. The summed E-state index contributed by atoms with van der Waals surface area (Å²) in [6.45, 7) is 3.03. The Hall–Kier alpha value is -0.0200. The van der Waals surface area contributed by atoms with Crippen LogP contribution in [0.4, 0.5) is 0 Å². The summed E-state index contributed by atoms with van der Waals surface area (Å²) in [4.78, 5) is 11.3. The number of aromatic nitrogens is 1. The number of thiazole rings is 1. The average molecular weight is 452 g/mol. The van der Waals surface area contributed by atoms with Gasteiger partial charge >= 0.3 is 0 Å². The fourth-order valence-electron chi connectivity index (χ4n) is 3.35. The highest BCUT2D eigenvalue weighted by Crippen LogP contribution is 2.42. The molecule has 1 saturated carbocycles. The van der Waals surface area contributed by atoms with Crippen LogP contribution in [0.1, 0.15) is 37.1 Å². The van der Waals surface area contributed by atoms with Crippen molar-refractivity contribution in [3.63, 3.8) is 0 Å². The molecule has 1 aliphatic carbocycles. The monoisotopic (exact) mass is 452 g/mol. The molecule has 0 radical (unpaired) electrons. The van der Waals surface area contributed by atoms with Gasteiger partial charge in [-0.3, -0.25) is 4.99 Å². The van der Waals surface area contributed by atoms with Crippen molar-refractivity contribution in [2.75, 3.05) is 25.9 Å². The molecule has 1 spiro atoms. The number of guanidine groups is 1. The normalized spacial score (nSPS) is 21.5. The number of halogens is 1. The number of nitrogens with one attached hydrogen (secondary N) is 1. The predicted octanol–water partition coefficient (Wildman–Crippen LogP) is 3.59. The number of hydrogen-bond donors (Lipinski definition) is 1. The molecule has 22 heavy (non-hydrogen) atoms. The molecule has 0 bridgehead atoms. The minimum atomic E-state index is 0. The van der Waals surface area contributed by atoms with Gasteiger partial charge in [-0.05, 0) is 12.8 Å². The van der Waals surface area contributed by atoms with E-state index in [9.17, 15) is 0 Å². The van der Waals surface area contributed by atoms with Crippen molar-refractivity contribution in [1.82, 2.24) is 15.2 Å². The molecule has 2 fully saturated rings. The molecule has 1 aromatic rings. The fraction of sp³-hybridized carbons (Fsp3) is 0.733. The van der Waals surface area contributed by atoms with Crippen LogP contribution in [-0.2, 0) is 6.54 Å². The van der Waals surface area contributed by atoms with Crippen molar-refractivity contribution in [2.24, 2.45) is 4.99 Å². The van der Waals surface area contributed by atoms with Crippen molar-refractivity contribution in [3.8, 4) is 0 Å². The first-order valence-electron chi connectivity index (χ1n) is 7.79. The van der Waals surface area contributed by atoms with E-state index in [0.717, 1.165) is 30.6 Å². The Morgan fingerprint density at radius 1 is 1.41 bits per heavy atom. The van der Waals surface area contributed by atoms with Gasteiger partial charge in [0.25, 0.3) is 0 Å². The summed E-state index contributed by atoms with van der Waals surface area (Å²) in [5.41, 5.74) is 0. The van der Waals surface area contributed by atoms with Gasteiger partial charge in [0.1, 0.15) is 5.01 Å². The van der Waals surface area contributed by atoms with Crippen LogP contribution < -0.4 is 5.32 Å². The molecule has 1 aromatic heterocycles. The van der Waals surface area contributed by atoms with Crippen LogP contribution in [0.5, 0.6) is 0 Å². The molecule has 4 nitrogen and oxygen atoms in total. The van der Waals surface area contributed by atoms with Gasteiger partial charge in [-0.1, -0.05) is 19.3 Å². The van der Waals surface area contributed by atoms with Crippen LogP contribution in [-0.4, -0.2) is 46.5 Å². The molecule has 7 heteroatoms. The molecule has 0 atom stereocenters. The zero-order valence-electron chi connectivity index (χ0n) is 13.1. The first kappa shape index (κ1) is 18.3. The second-order valence-corrected chi connectivity index (χ2v) is 8.38. The molecule has 1 aliphatic heterocycles. The molecule has 0 amide bonds. The maximum atomic E-state index is 4.49. The Labute approximate surface area is 158 Å². The highest BCUT2D eigenvalue weighted by atomic mass is 127. The quantitative estimate of drug-likeness (QED) is 0.423. The highest BCUT2D eigenvalue weighted by molar-refractivity contribution is 14.0. The van der Waals surface area contributed by atoms with Gasteiger partial charge in [0.2, 0.25) is 0 Å². The standard InChI is InChI=1S/C15H24N4S2.HI/c1-16-14(18-11-13-17-7-9-20-13)19-8-10-21-15(12-19)5-3-2-4-6-15;/h7,9H,2-6,8,10-12H2,1H3,(H,16,18);1H. The fourth-order valence-corrected chi connectivity index (χ4v) is 5.48. The second-order valence-electron chi connectivity index (χ2n) is 5.84. The van der Waals surface area contributed by atoms with Crippen molar-refractivity contribution in [1.29, 1.82) is 0 Å². The average Bonchev–Trinajstić information content (AvgIpc) is 3.02. The van der Waals surface area contributed by atoms with Crippen LogP contribution in [0.15, 0.2) is 16.6 Å². The number of rotatable bonds is 2. The lowest BCUT2D eigenvalue weighted by atomic mass is 9.87. The van der Waals surface area contributed by atoms with Crippen molar-refractivity contribution >= 4 is 53.0 Å². The zero-order chi connectivity index (χ0) is 14.5. The molecule has 1 saturated heterocycles. The first-order chi connectivity index (χ1) is 10.3. The summed E-state index contributed by atoms with van der Waals surface area (Å²) in [5, 5.41) is 6.62. The van der Waals surface area contributed by atoms with Gasteiger partial charge in [0, 0.05) is 42.2 Å². The van der Waals surface area contributed by atoms with E-state index in [1.165, 1.54) is 37.9 Å². The van der Waals surface area contributed by atoms with Crippen LogP contribution in [0.2, 0.25) is 0 Å². The summed E-state index contributed by atoms with van der Waals surface area (Å²) in [7, 11) is 1.89. The number of thioether (sulfide) groups is 1. The van der Waals surface area contributed by atoms with Crippen LogP contribution in [0.3, 0.4) is 0 Å². The minimum absolute atomic E-state index is 0. The maximum absolute atomic E-state index is 4.49. The Kier molecular flexibility index (Phi) is 7.27. The maximum Gasteiger partial charge on any atom is 0.194 e. The van der Waals surface area contributed by atoms with Crippen LogP contribution in [0.25, 0.3) is 0 Å². The number of hydrogen-bond acceptors (Lipinski definition) is 4. The number of nitrogens with zero attached hydrogens (tertiary/aromatic N) is 3. The van der Waals surface area contributed by atoms with E-state index in [1.807, 2.05) is 18.6 Å². The zero-order valence-corrected chi connectivity index (χ0v) is 17.0. The third kappa shape index (κ3) is 4.50. The second kappa shape index (κ2) is 8.73. The molecule has 1 N–H and O–H groups in total. The molecule has 0 unspecified atom stereocenters. The van der Waals surface area contributed by atoms with Gasteiger partial charge in [-0.15, -0.1) is 35.3 Å².